The first-order valence-corrected chi connectivity index (χ1v) is 11.1. The lowest BCUT2D eigenvalue weighted by Crippen LogP contribution is -2.36. The number of amides is 2. The summed E-state index contributed by atoms with van der Waals surface area (Å²) in [4.78, 5) is 37.4. The van der Waals surface area contributed by atoms with Crippen molar-refractivity contribution in [3.8, 4) is 22.6 Å². The SMILES string of the molecule is CCOC(=O)CC(NC(=O)Nc1c(O)ccn(C)c1=O)c1ccc(C)c(-c2cccc(OC)c2)c1. The zero-order valence-electron chi connectivity index (χ0n) is 20.1. The molecule has 1 heterocycles. The van der Waals surface area contributed by atoms with E-state index in [0.717, 1.165) is 16.7 Å². The van der Waals surface area contributed by atoms with Crippen LogP contribution in [-0.2, 0) is 16.6 Å². The summed E-state index contributed by atoms with van der Waals surface area (Å²) >= 11 is 0. The number of aromatic hydroxyl groups is 1. The number of rotatable bonds is 8. The van der Waals surface area contributed by atoms with Gasteiger partial charge in [0.25, 0.3) is 5.56 Å². The quantitative estimate of drug-likeness (QED) is 0.422. The zero-order chi connectivity index (χ0) is 25.5. The van der Waals surface area contributed by atoms with Gasteiger partial charge in [0, 0.05) is 13.2 Å². The summed E-state index contributed by atoms with van der Waals surface area (Å²) in [6.07, 6.45) is 1.26. The van der Waals surface area contributed by atoms with Gasteiger partial charge in [0.05, 0.1) is 26.2 Å². The number of ether oxygens (including phenoxy) is 2. The van der Waals surface area contributed by atoms with Crippen molar-refractivity contribution in [2.75, 3.05) is 19.0 Å². The number of nitrogens with one attached hydrogen (secondary N) is 2. The van der Waals surface area contributed by atoms with Crippen molar-refractivity contribution in [1.29, 1.82) is 0 Å². The molecule has 0 aliphatic heterocycles. The molecule has 3 aromatic rings. The summed E-state index contributed by atoms with van der Waals surface area (Å²) in [5.41, 5.74) is 2.66. The van der Waals surface area contributed by atoms with Crippen molar-refractivity contribution < 1.29 is 24.2 Å². The molecule has 0 bridgehead atoms. The van der Waals surface area contributed by atoms with Gasteiger partial charge in [-0.05, 0) is 60.4 Å². The number of nitrogens with zero attached hydrogens (tertiary/aromatic N) is 1. The first-order chi connectivity index (χ1) is 16.7. The zero-order valence-corrected chi connectivity index (χ0v) is 20.1. The van der Waals surface area contributed by atoms with E-state index in [1.807, 2.05) is 49.4 Å². The molecule has 0 radical (unpaired) electrons. The topological polar surface area (TPSA) is 119 Å². The number of hydrogen-bond acceptors (Lipinski definition) is 6. The highest BCUT2D eigenvalue weighted by molar-refractivity contribution is 5.91. The molecule has 9 heteroatoms. The number of anilines is 1. The van der Waals surface area contributed by atoms with Crippen LogP contribution in [0, 0.1) is 6.92 Å². The van der Waals surface area contributed by atoms with Crippen LogP contribution in [0.5, 0.6) is 11.5 Å². The number of pyridine rings is 1. The number of aromatic nitrogens is 1. The largest absolute Gasteiger partial charge is 0.505 e. The maximum Gasteiger partial charge on any atom is 0.319 e. The van der Waals surface area contributed by atoms with Crippen molar-refractivity contribution >= 4 is 17.7 Å². The molecule has 0 saturated heterocycles. The average molecular weight is 480 g/mol. The molecule has 35 heavy (non-hydrogen) atoms. The third-order valence-electron chi connectivity index (χ3n) is 5.51. The highest BCUT2D eigenvalue weighted by atomic mass is 16.5. The molecule has 1 atom stereocenters. The van der Waals surface area contributed by atoms with Crippen molar-refractivity contribution in [2.45, 2.75) is 26.3 Å². The summed E-state index contributed by atoms with van der Waals surface area (Å²) in [6.45, 7) is 3.87. The molecule has 0 spiro atoms. The van der Waals surface area contributed by atoms with Gasteiger partial charge in [0.1, 0.15) is 11.5 Å². The number of urea groups is 1. The normalized spacial score (nSPS) is 11.4. The third-order valence-corrected chi connectivity index (χ3v) is 5.51. The number of esters is 1. The second-order valence-corrected chi connectivity index (χ2v) is 7.96. The number of carbonyl (C=O) groups excluding carboxylic acids is 2. The summed E-state index contributed by atoms with van der Waals surface area (Å²) in [6, 6.07) is 13.0. The van der Waals surface area contributed by atoms with E-state index in [0.29, 0.717) is 11.3 Å². The van der Waals surface area contributed by atoms with Gasteiger partial charge in [-0.3, -0.25) is 9.59 Å². The Morgan fingerprint density at radius 2 is 1.91 bits per heavy atom. The fraction of sp³-hybridized carbons (Fsp3) is 0.269. The molecule has 2 aromatic carbocycles. The molecule has 0 fully saturated rings. The van der Waals surface area contributed by atoms with Crippen LogP contribution in [0.2, 0.25) is 0 Å². The van der Waals surface area contributed by atoms with Crippen molar-refractivity contribution in [1.82, 2.24) is 9.88 Å². The number of hydrogen-bond donors (Lipinski definition) is 3. The Morgan fingerprint density at radius 1 is 1.14 bits per heavy atom. The molecule has 1 aromatic heterocycles. The summed E-state index contributed by atoms with van der Waals surface area (Å²) < 4.78 is 11.7. The first kappa shape index (κ1) is 25.4. The highest BCUT2D eigenvalue weighted by Gasteiger charge is 2.22. The molecule has 3 rings (SSSR count). The van der Waals surface area contributed by atoms with Crippen LogP contribution in [0.15, 0.2) is 59.5 Å². The number of aryl methyl sites for hydroxylation is 2. The Bertz CT molecular complexity index is 1280. The van der Waals surface area contributed by atoms with Gasteiger partial charge in [0.15, 0.2) is 5.69 Å². The van der Waals surface area contributed by atoms with E-state index in [9.17, 15) is 19.5 Å². The van der Waals surface area contributed by atoms with Crippen LogP contribution in [0.3, 0.4) is 0 Å². The minimum absolute atomic E-state index is 0.124. The summed E-state index contributed by atoms with van der Waals surface area (Å²) in [5.74, 6) is -0.141. The van der Waals surface area contributed by atoms with Crippen LogP contribution in [0.25, 0.3) is 11.1 Å². The van der Waals surface area contributed by atoms with E-state index >= 15 is 0 Å². The van der Waals surface area contributed by atoms with Gasteiger partial charge < -0.3 is 29.8 Å². The van der Waals surface area contributed by atoms with Crippen LogP contribution in [0.1, 0.15) is 30.5 Å². The Morgan fingerprint density at radius 3 is 2.63 bits per heavy atom. The van der Waals surface area contributed by atoms with E-state index in [1.165, 1.54) is 23.9 Å². The van der Waals surface area contributed by atoms with Gasteiger partial charge in [0.2, 0.25) is 0 Å². The predicted molar refractivity (Wildman–Crippen MR) is 133 cm³/mol. The van der Waals surface area contributed by atoms with E-state index in [2.05, 4.69) is 10.6 Å². The van der Waals surface area contributed by atoms with Crippen LogP contribution in [-0.4, -0.2) is 35.4 Å². The number of benzene rings is 2. The fourth-order valence-corrected chi connectivity index (χ4v) is 3.64. The average Bonchev–Trinajstić information content (AvgIpc) is 2.84. The van der Waals surface area contributed by atoms with Crippen molar-refractivity contribution in [3.63, 3.8) is 0 Å². The lowest BCUT2D eigenvalue weighted by Gasteiger charge is -2.21. The summed E-state index contributed by atoms with van der Waals surface area (Å²) in [7, 11) is 3.10. The van der Waals surface area contributed by atoms with Gasteiger partial charge in [-0.15, -0.1) is 0 Å². The van der Waals surface area contributed by atoms with Crippen LogP contribution < -0.4 is 20.9 Å². The van der Waals surface area contributed by atoms with Gasteiger partial charge in [-0.1, -0.05) is 24.3 Å². The number of carbonyl (C=O) groups is 2. The Labute approximate surface area is 203 Å². The van der Waals surface area contributed by atoms with Gasteiger partial charge >= 0.3 is 12.0 Å². The molecule has 0 aliphatic rings. The molecule has 0 aliphatic carbocycles. The second kappa shape index (κ2) is 11.2. The molecule has 3 N–H and O–H groups in total. The van der Waals surface area contributed by atoms with E-state index in [1.54, 1.807) is 14.0 Å². The number of methoxy groups -OCH3 is 1. The molecule has 2 amide bonds. The van der Waals surface area contributed by atoms with Crippen LogP contribution >= 0.6 is 0 Å². The Kier molecular flexibility index (Phi) is 8.14. The predicted octanol–water partition coefficient (Wildman–Crippen LogP) is 3.89. The standard InChI is InChI=1S/C26H29N3O6/c1-5-35-23(31)15-21(27-26(33)28-24-22(30)11-12-29(3)25(24)32)18-10-9-16(2)20(14-18)17-7-6-8-19(13-17)34-4/h6-14,21,30H,5,15H2,1-4H3,(H2,27,28,33). The summed E-state index contributed by atoms with van der Waals surface area (Å²) in [5, 5.41) is 15.2. The molecule has 1 unspecified atom stereocenters. The molecule has 0 saturated carbocycles. The van der Waals surface area contributed by atoms with Gasteiger partial charge in [-0.2, -0.15) is 0 Å². The third kappa shape index (κ3) is 6.20. The maximum absolute atomic E-state index is 12.8. The molecular weight excluding hydrogens is 450 g/mol. The monoisotopic (exact) mass is 479 g/mol. The lowest BCUT2D eigenvalue weighted by molar-refractivity contribution is -0.143. The molecule has 184 valence electrons. The minimum atomic E-state index is -0.756. The van der Waals surface area contributed by atoms with Crippen molar-refractivity contribution in [2.24, 2.45) is 7.05 Å². The highest BCUT2D eigenvalue weighted by Crippen LogP contribution is 2.30. The van der Waals surface area contributed by atoms with Crippen molar-refractivity contribution in [3.05, 3.63) is 76.2 Å². The van der Waals surface area contributed by atoms with Crippen LogP contribution in [0.4, 0.5) is 10.5 Å². The molecular formula is C26H29N3O6. The molecule has 9 nitrogen and oxygen atoms in total. The minimum Gasteiger partial charge on any atom is -0.505 e. The maximum atomic E-state index is 12.8. The first-order valence-electron chi connectivity index (χ1n) is 11.1. The lowest BCUT2D eigenvalue weighted by atomic mass is 9.94. The Balaban J connectivity index is 1.94. The second-order valence-electron chi connectivity index (χ2n) is 7.96. The smallest absolute Gasteiger partial charge is 0.319 e. The van der Waals surface area contributed by atoms with E-state index < -0.39 is 23.6 Å². The van der Waals surface area contributed by atoms with Gasteiger partial charge in [-0.25, -0.2) is 4.79 Å². The van der Waals surface area contributed by atoms with E-state index in [4.69, 9.17) is 9.47 Å². The Hall–Kier alpha value is -4.27. The fourth-order valence-electron chi connectivity index (χ4n) is 3.64. The van der Waals surface area contributed by atoms with E-state index in [-0.39, 0.29) is 24.5 Å².